The molecule has 4 aromatic carbocycles. The Kier molecular flexibility index (Phi) is 9.07. The van der Waals surface area contributed by atoms with Crippen LogP contribution in [0.25, 0.3) is 0 Å². The number of carbonyl (C=O) groups is 2. The minimum atomic E-state index is -0.992. The zero-order valence-corrected chi connectivity index (χ0v) is 20.9. The average Bonchev–Trinajstić information content (AvgIpc) is 2.95. The van der Waals surface area contributed by atoms with Gasteiger partial charge in [-0.3, -0.25) is 4.79 Å². The second-order valence-electron chi connectivity index (χ2n) is 8.59. The highest BCUT2D eigenvalue weighted by atomic mass is 19.1. The first-order valence-corrected chi connectivity index (χ1v) is 12.1. The third-order valence-electron chi connectivity index (χ3n) is 5.80. The van der Waals surface area contributed by atoms with E-state index < -0.39 is 23.7 Å². The molecule has 0 radical (unpaired) electrons. The standard InChI is InChI=1S/C31H28FNO5/c1-36-31(35)27(33-30(34)25-13-8-14-26(32)19-25)17-24-15-16-28(37-20-22-9-4-2-5-10-22)29(18-24)38-21-23-11-6-3-7-12-23/h2-16,18-19,27H,17,20-21H2,1H3,(H,33,34)/t27-/m1/s1. The van der Waals surface area contributed by atoms with Crippen LogP contribution in [0.15, 0.2) is 103 Å². The van der Waals surface area contributed by atoms with Crippen molar-refractivity contribution in [2.75, 3.05) is 7.11 Å². The van der Waals surface area contributed by atoms with Crippen molar-refractivity contribution in [2.45, 2.75) is 25.7 Å². The van der Waals surface area contributed by atoms with Crippen LogP contribution in [0.4, 0.5) is 4.39 Å². The topological polar surface area (TPSA) is 73.9 Å². The summed E-state index contributed by atoms with van der Waals surface area (Å²) in [7, 11) is 1.25. The van der Waals surface area contributed by atoms with Gasteiger partial charge >= 0.3 is 5.97 Å². The van der Waals surface area contributed by atoms with Crippen LogP contribution in [0.2, 0.25) is 0 Å². The Balaban J connectivity index is 1.54. The molecule has 194 valence electrons. The van der Waals surface area contributed by atoms with E-state index in [1.54, 1.807) is 18.2 Å². The van der Waals surface area contributed by atoms with Gasteiger partial charge in [-0.1, -0.05) is 72.8 Å². The summed E-state index contributed by atoms with van der Waals surface area (Å²) in [6.07, 6.45) is 0.133. The van der Waals surface area contributed by atoms with E-state index in [1.807, 2.05) is 60.7 Å². The van der Waals surface area contributed by atoms with E-state index in [4.69, 9.17) is 14.2 Å². The first-order chi connectivity index (χ1) is 18.5. The van der Waals surface area contributed by atoms with Crippen molar-refractivity contribution >= 4 is 11.9 Å². The Morgan fingerprint density at radius 1 is 0.737 bits per heavy atom. The van der Waals surface area contributed by atoms with Crippen molar-refractivity contribution in [3.63, 3.8) is 0 Å². The molecule has 1 N–H and O–H groups in total. The number of esters is 1. The molecule has 0 aliphatic carbocycles. The van der Waals surface area contributed by atoms with Gasteiger partial charge in [-0.2, -0.15) is 0 Å². The van der Waals surface area contributed by atoms with E-state index >= 15 is 0 Å². The number of amides is 1. The van der Waals surface area contributed by atoms with Gasteiger partial charge in [0.1, 0.15) is 25.1 Å². The van der Waals surface area contributed by atoms with Crippen LogP contribution in [0.5, 0.6) is 11.5 Å². The largest absolute Gasteiger partial charge is 0.485 e. The molecule has 7 heteroatoms. The molecule has 1 atom stereocenters. The van der Waals surface area contributed by atoms with E-state index in [-0.39, 0.29) is 12.0 Å². The molecule has 4 rings (SSSR count). The molecule has 0 saturated carbocycles. The number of benzene rings is 4. The summed E-state index contributed by atoms with van der Waals surface area (Å²) in [5.74, 6) is -0.693. The Bertz CT molecular complexity index is 1360. The molecule has 38 heavy (non-hydrogen) atoms. The Morgan fingerprint density at radius 2 is 1.37 bits per heavy atom. The fourth-order valence-corrected chi connectivity index (χ4v) is 3.82. The first-order valence-electron chi connectivity index (χ1n) is 12.1. The quantitative estimate of drug-likeness (QED) is 0.268. The molecule has 4 aromatic rings. The van der Waals surface area contributed by atoms with E-state index in [1.165, 1.54) is 25.3 Å². The number of methoxy groups -OCH3 is 1. The highest BCUT2D eigenvalue weighted by Crippen LogP contribution is 2.31. The second kappa shape index (κ2) is 13.1. The first kappa shape index (κ1) is 26.4. The number of rotatable bonds is 11. The van der Waals surface area contributed by atoms with E-state index in [0.29, 0.717) is 24.7 Å². The number of hydrogen-bond acceptors (Lipinski definition) is 5. The van der Waals surface area contributed by atoms with Crippen molar-refractivity contribution in [3.8, 4) is 11.5 Å². The van der Waals surface area contributed by atoms with Gasteiger partial charge in [0.2, 0.25) is 0 Å². The molecule has 0 bridgehead atoms. The van der Waals surface area contributed by atoms with Crippen LogP contribution in [0.3, 0.4) is 0 Å². The lowest BCUT2D eigenvalue weighted by Gasteiger charge is -2.19. The molecule has 0 heterocycles. The van der Waals surface area contributed by atoms with Crippen LogP contribution in [-0.4, -0.2) is 25.0 Å². The zero-order chi connectivity index (χ0) is 26.7. The van der Waals surface area contributed by atoms with E-state index in [0.717, 1.165) is 22.8 Å². The molecule has 0 saturated heterocycles. The molecule has 0 fully saturated rings. The van der Waals surface area contributed by atoms with Crippen LogP contribution >= 0.6 is 0 Å². The maximum atomic E-state index is 13.6. The van der Waals surface area contributed by atoms with Crippen LogP contribution in [-0.2, 0) is 29.2 Å². The molecule has 0 aliphatic heterocycles. The van der Waals surface area contributed by atoms with E-state index in [2.05, 4.69) is 5.32 Å². The van der Waals surface area contributed by atoms with Crippen molar-refractivity contribution in [2.24, 2.45) is 0 Å². The summed E-state index contributed by atoms with van der Waals surface area (Å²) in [5, 5.41) is 2.65. The SMILES string of the molecule is COC(=O)[C@@H](Cc1ccc(OCc2ccccc2)c(OCc2ccccc2)c1)NC(=O)c1cccc(F)c1. The summed E-state index contributed by atoms with van der Waals surface area (Å²) in [6, 6.07) is 29.1. The number of halogens is 1. The van der Waals surface area contributed by atoms with Gasteiger partial charge in [0, 0.05) is 12.0 Å². The van der Waals surface area contributed by atoms with Gasteiger partial charge in [0.25, 0.3) is 5.91 Å². The maximum Gasteiger partial charge on any atom is 0.328 e. The van der Waals surface area contributed by atoms with Gasteiger partial charge in [0.05, 0.1) is 7.11 Å². The van der Waals surface area contributed by atoms with Crippen molar-refractivity contribution in [1.29, 1.82) is 0 Å². The van der Waals surface area contributed by atoms with Gasteiger partial charge in [-0.05, 0) is 47.0 Å². The number of hydrogen-bond donors (Lipinski definition) is 1. The highest BCUT2D eigenvalue weighted by Gasteiger charge is 2.23. The monoisotopic (exact) mass is 513 g/mol. The van der Waals surface area contributed by atoms with Crippen molar-refractivity contribution in [3.05, 3.63) is 131 Å². The van der Waals surface area contributed by atoms with Gasteiger partial charge in [-0.15, -0.1) is 0 Å². The number of carbonyl (C=O) groups excluding carboxylic acids is 2. The lowest BCUT2D eigenvalue weighted by molar-refractivity contribution is -0.142. The molecule has 0 aliphatic rings. The summed E-state index contributed by atoms with van der Waals surface area (Å²) in [6.45, 7) is 0.680. The lowest BCUT2D eigenvalue weighted by atomic mass is 10.0. The predicted octanol–water partition coefficient (Wildman–Crippen LogP) is 5.50. The normalized spacial score (nSPS) is 11.3. The second-order valence-corrected chi connectivity index (χ2v) is 8.59. The molecular formula is C31H28FNO5. The molecule has 6 nitrogen and oxygen atoms in total. The van der Waals surface area contributed by atoms with Gasteiger partial charge in [-0.25, -0.2) is 9.18 Å². The fourth-order valence-electron chi connectivity index (χ4n) is 3.82. The molecule has 0 unspecified atom stereocenters. The van der Waals surface area contributed by atoms with Gasteiger partial charge in [0.15, 0.2) is 11.5 Å². The molecule has 1 amide bonds. The summed E-state index contributed by atoms with van der Waals surface area (Å²) in [5.41, 5.74) is 2.82. The number of nitrogens with one attached hydrogen (secondary N) is 1. The summed E-state index contributed by atoms with van der Waals surface area (Å²) >= 11 is 0. The third kappa shape index (κ3) is 7.43. The Labute approximate surface area is 221 Å². The fraction of sp³-hybridized carbons (Fsp3) is 0.161. The maximum absolute atomic E-state index is 13.6. The molecular weight excluding hydrogens is 485 g/mol. The lowest BCUT2D eigenvalue weighted by Crippen LogP contribution is -2.43. The molecule has 0 spiro atoms. The smallest absolute Gasteiger partial charge is 0.328 e. The Hall–Kier alpha value is -4.65. The van der Waals surface area contributed by atoms with E-state index in [9.17, 15) is 14.0 Å². The molecule has 0 aromatic heterocycles. The minimum Gasteiger partial charge on any atom is -0.485 e. The van der Waals surface area contributed by atoms with Crippen molar-refractivity contribution in [1.82, 2.24) is 5.32 Å². The average molecular weight is 514 g/mol. The number of ether oxygens (including phenoxy) is 3. The zero-order valence-electron chi connectivity index (χ0n) is 20.9. The highest BCUT2D eigenvalue weighted by molar-refractivity contribution is 5.96. The van der Waals surface area contributed by atoms with Gasteiger partial charge < -0.3 is 19.5 Å². The third-order valence-corrected chi connectivity index (χ3v) is 5.80. The Morgan fingerprint density at radius 3 is 1.97 bits per heavy atom. The predicted molar refractivity (Wildman–Crippen MR) is 141 cm³/mol. The minimum absolute atomic E-state index is 0.107. The van der Waals surface area contributed by atoms with Crippen LogP contribution < -0.4 is 14.8 Å². The van der Waals surface area contributed by atoms with Crippen LogP contribution in [0.1, 0.15) is 27.0 Å². The summed E-state index contributed by atoms with van der Waals surface area (Å²) < 4.78 is 30.7. The van der Waals surface area contributed by atoms with Crippen molar-refractivity contribution < 1.29 is 28.2 Å². The van der Waals surface area contributed by atoms with Crippen LogP contribution in [0, 0.1) is 5.82 Å². The summed E-state index contributed by atoms with van der Waals surface area (Å²) in [4.78, 5) is 25.2.